The van der Waals surface area contributed by atoms with Crippen molar-refractivity contribution in [3.8, 4) is 0 Å². The molecule has 1 aromatic carbocycles. The number of thiophene rings is 1. The van der Waals surface area contributed by atoms with Crippen LogP contribution in [0, 0.1) is 0 Å². The molecular formula is C27H32N4O3S. The minimum atomic E-state index is -0.575. The second kappa shape index (κ2) is 10.3. The Kier molecular flexibility index (Phi) is 7.00. The Morgan fingerprint density at radius 2 is 1.91 bits per heavy atom. The smallest absolute Gasteiger partial charge is 0.227 e. The lowest BCUT2D eigenvalue weighted by Gasteiger charge is -2.36. The highest BCUT2D eigenvalue weighted by molar-refractivity contribution is 7.10. The fraction of sp³-hybridized carbons (Fsp3) is 0.481. The number of nitrogens with zero attached hydrogens (tertiary/aromatic N) is 3. The first-order chi connectivity index (χ1) is 17.1. The molecule has 0 spiro atoms. The maximum absolute atomic E-state index is 13.4. The Labute approximate surface area is 209 Å². The van der Waals surface area contributed by atoms with Gasteiger partial charge in [-0.05, 0) is 41.8 Å². The zero-order valence-electron chi connectivity index (χ0n) is 20.2. The van der Waals surface area contributed by atoms with Gasteiger partial charge in [0.15, 0.2) is 5.82 Å². The molecule has 1 unspecified atom stereocenters. The van der Waals surface area contributed by atoms with Crippen molar-refractivity contribution in [1.82, 2.24) is 20.4 Å². The number of hydrogen-bond donors (Lipinski definition) is 1. The summed E-state index contributed by atoms with van der Waals surface area (Å²) in [5.41, 5.74) is 1.78. The predicted octanol–water partition coefficient (Wildman–Crippen LogP) is 4.92. The molecule has 184 valence electrons. The Balaban J connectivity index is 1.31. The summed E-state index contributed by atoms with van der Waals surface area (Å²) in [6.45, 7) is 2.24. The van der Waals surface area contributed by atoms with Gasteiger partial charge in [0, 0.05) is 31.2 Å². The van der Waals surface area contributed by atoms with E-state index in [0.29, 0.717) is 31.1 Å². The van der Waals surface area contributed by atoms with E-state index in [9.17, 15) is 9.59 Å². The number of fused-ring (bicyclic) bond motifs is 1. The molecule has 1 aliphatic heterocycles. The molecule has 1 N–H and O–H groups in total. The van der Waals surface area contributed by atoms with Crippen molar-refractivity contribution in [3.63, 3.8) is 0 Å². The van der Waals surface area contributed by atoms with Crippen LogP contribution in [0.4, 0.5) is 0 Å². The number of hydrogen-bond acceptors (Lipinski definition) is 6. The van der Waals surface area contributed by atoms with Crippen LogP contribution in [0.2, 0.25) is 0 Å². The van der Waals surface area contributed by atoms with Gasteiger partial charge in [-0.25, -0.2) is 0 Å². The molecule has 2 aliphatic rings. The third kappa shape index (κ3) is 5.03. The number of aryl methyl sites for hydroxylation is 1. The van der Waals surface area contributed by atoms with E-state index < -0.39 is 5.54 Å². The van der Waals surface area contributed by atoms with Crippen molar-refractivity contribution >= 4 is 23.2 Å². The average Bonchev–Trinajstić information content (AvgIpc) is 3.48. The second-order valence-electron chi connectivity index (χ2n) is 9.64. The van der Waals surface area contributed by atoms with Gasteiger partial charge in [-0.2, -0.15) is 4.98 Å². The minimum absolute atomic E-state index is 0.0639. The molecule has 35 heavy (non-hydrogen) atoms. The third-order valence-corrected chi connectivity index (χ3v) is 8.22. The topological polar surface area (TPSA) is 88.3 Å². The number of carbonyl (C=O) groups excluding carboxylic acids is 2. The Hall–Kier alpha value is -3.00. The first-order valence-corrected chi connectivity index (χ1v) is 13.5. The quantitative estimate of drug-likeness (QED) is 0.493. The minimum Gasteiger partial charge on any atom is -0.343 e. The SMILES string of the molecule is CC(=O)NC1(c2noc(CCC(=O)N3CCc4sccc4C3c3ccccc3)n2)CCCCCC1. The first kappa shape index (κ1) is 23.7. The van der Waals surface area contributed by atoms with Gasteiger partial charge in [-0.3, -0.25) is 9.59 Å². The molecule has 1 fully saturated rings. The maximum atomic E-state index is 13.4. The molecule has 0 radical (unpaired) electrons. The Morgan fingerprint density at radius 3 is 2.66 bits per heavy atom. The van der Waals surface area contributed by atoms with Gasteiger partial charge in [-0.15, -0.1) is 11.3 Å². The normalized spacial score (nSPS) is 19.6. The van der Waals surface area contributed by atoms with E-state index in [4.69, 9.17) is 4.52 Å². The van der Waals surface area contributed by atoms with Gasteiger partial charge >= 0.3 is 0 Å². The van der Waals surface area contributed by atoms with Gasteiger partial charge < -0.3 is 14.7 Å². The van der Waals surface area contributed by atoms with E-state index in [1.54, 1.807) is 11.3 Å². The standard InChI is InChI=1S/C27H32N4O3S/c1-19(32)29-27(15-7-2-3-8-16-27)26-28-23(34-30-26)11-12-24(33)31-17-13-22-21(14-18-35-22)25(31)20-9-5-4-6-10-20/h4-6,9-10,14,18,25H,2-3,7-8,11-13,15-17H2,1H3,(H,29,32). The summed E-state index contributed by atoms with van der Waals surface area (Å²) in [5.74, 6) is 0.992. The third-order valence-electron chi connectivity index (χ3n) is 7.22. The highest BCUT2D eigenvalue weighted by Crippen LogP contribution is 2.38. The predicted molar refractivity (Wildman–Crippen MR) is 134 cm³/mol. The van der Waals surface area contributed by atoms with Gasteiger partial charge in [0.2, 0.25) is 17.7 Å². The summed E-state index contributed by atoms with van der Waals surface area (Å²) in [7, 11) is 0. The van der Waals surface area contributed by atoms with Gasteiger partial charge in [0.25, 0.3) is 0 Å². The molecule has 3 aromatic rings. The summed E-state index contributed by atoms with van der Waals surface area (Å²) in [6.07, 6.45) is 7.50. The molecule has 1 atom stereocenters. The van der Waals surface area contributed by atoms with Crippen LogP contribution in [0.1, 0.15) is 85.6 Å². The van der Waals surface area contributed by atoms with Crippen LogP contribution >= 0.6 is 11.3 Å². The lowest BCUT2D eigenvalue weighted by Crippen LogP contribution is -2.45. The zero-order valence-corrected chi connectivity index (χ0v) is 21.0. The van der Waals surface area contributed by atoms with Crippen LogP contribution in [0.15, 0.2) is 46.3 Å². The number of benzene rings is 1. The molecule has 7 nitrogen and oxygen atoms in total. The van der Waals surface area contributed by atoms with Gasteiger partial charge in [-0.1, -0.05) is 61.2 Å². The van der Waals surface area contributed by atoms with E-state index >= 15 is 0 Å². The molecule has 2 aromatic heterocycles. The van der Waals surface area contributed by atoms with Gasteiger partial charge in [0.1, 0.15) is 5.54 Å². The van der Waals surface area contributed by atoms with Crippen molar-refractivity contribution in [2.75, 3.05) is 6.54 Å². The van der Waals surface area contributed by atoms with Crippen molar-refractivity contribution in [2.45, 2.75) is 76.3 Å². The maximum Gasteiger partial charge on any atom is 0.227 e. The second-order valence-corrected chi connectivity index (χ2v) is 10.6. The van der Waals surface area contributed by atoms with Crippen molar-refractivity contribution in [2.24, 2.45) is 0 Å². The molecular weight excluding hydrogens is 460 g/mol. The summed E-state index contributed by atoms with van der Waals surface area (Å²) >= 11 is 1.77. The fourth-order valence-electron chi connectivity index (χ4n) is 5.56. The number of carbonyl (C=O) groups is 2. The summed E-state index contributed by atoms with van der Waals surface area (Å²) in [5, 5.41) is 9.49. The monoisotopic (exact) mass is 492 g/mol. The fourth-order valence-corrected chi connectivity index (χ4v) is 6.47. The summed E-state index contributed by atoms with van der Waals surface area (Å²) in [6, 6.07) is 12.3. The lowest BCUT2D eigenvalue weighted by molar-refractivity contribution is -0.133. The largest absolute Gasteiger partial charge is 0.343 e. The summed E-state index contributed by atoms with van der Waals surface area (Å²) < 4.78 is 5.58. The van der Waals surface area contributed by atoms with Crippen LogP contribution in [-0.2, 0) is 28.0 Å². The highest BCUT2D eigenvalue weighted by atomic mass is 32.1. The van der Waals surface area contributed by atoms with Crippen molar-refractivity contribution < 1.29 is 14.1 Å². The molecule has 5 rings (SSSR count). The summed E-state index contributed by atoms with van der Waals surface area (Å²) in [4.78, 5) is 33.4. The lowest BCUT2D eigenvalue weighted by atomic mass is 9.89. The molecule has 0 bridgehead atoms. The van der Waals surface area contributed by atoms with E-state index in [0.717, 1.165) is 50.5 Å². The van der Waals surface area contributed by atoms with E-state index in [-0.39, 0.29) is 17.9 Å². The average molecular weight is 493 g/mol. The van der Waals surface area contributed by atoms with Crippen molar-refractivity contribution in [1.29, 1.82) is 0 Å². The number of rotatable bonds is 6. The van der Waals surface area contributed by atoms with Crippen LogP contribution in [0.5, 0.6) is 0 Å². The Morgan fingerprint density at radius 1 is 1.14 bits per heavy atom. The van der Waals surface area contributed by atoms with Crippen molar-refractivity contribution in [3.05, 3.63) is 69.5 Å². The van der Waals surface area contributed by atoms with Crippen LogP contribution in [0.25, 0.3) is 0 Å². The van der Waals surface area contributed by atoms with Crippen LogP contribution in [0.3, 0.4) is 0 Å². The molecule has 1 aliphatic carbocycles. The molecule has 1 saturated carbocycles. The van der Waals surface area contributed by atoms with Crippen LogP contribution < -0.4 is 5.32 Å². The molecule has 0 saturated heterocycles. The molecule has 2 amide bonds. The number of nitrogens with one attached hydrogen (secondary N) is 1. The Bertz CT molecular complexity index is 1160. The first-order valence-electron chi connectivity index (χ1n) is 12.6. The van der Waals surface area contributed by atoms with Gasteiger partial charge in [0.05, 0.1) is 6.04 Å². The molecule has 3 heterocycles. The highest BCUT2D eigenvalue weighted by Gasteiger charge is 2.38. The van der Waals surface area contributed by atoms with E-state index in [2.05, 4.69) is 39.0 Å². The van der Waals surface area contributed by atoms with Crippen LogP contribution in [-0.4, -0.2) is 33.4 Å². The van der Waals surface area contributed by atoms with E-state index in [1.165, 1.54) is 17.4 Å². The zero-order chi connectivity index (χ0) is 24.3. The number of aromatic nitrogens is 2. The number of amides is 2. The molecule has 8 heteroatoms. The van der Waals surface area contributed by atoms with E-state index in [1.807, 2.05) is 23.1 Å².